The molecule has 0 bridgehead atoms. The van der Waals surface area contributed by atoms with Crippen molar-refractivity contribution in [2.24, 2.45) is 0 Å². The minimum atomic E-state index is -0.473. The first-order chi connectivity index (χ1) is 6.86. The monoisotopic (exact) mass is 194 g/mol. The van der Waals surface area contributed by atoms with E-state index in [2.05, 4.69) is 0 Å². The first kappa shape index (κ1) is 9.65. The second kappa shape index (κ2) is 4.55. The molecule has 0 radical (unpaired) electrons. The van der Waals surface area contributed by atoms with E-state index in [0.717, 1.165) is 5.56 Å². The molecule has 1 fully saturated rings. The normalized spacial score (nSPS) is 21.9. The van der Waals surface area contributed by atoms with Crippen LogP contribution in [0.5, 0.6) is 0 Å². The van der Waals surface area contributed by atoms with Crippen LogP contribution in [0.4, 0.5) is 0 Å². The van der Waals surface area contributed by atoms with Gasteiger partial charge in [-0.15, -0.1) is 0 Å². The largest absolute Gasteiger partial charge is 0.388 e. The van der Waals surface area contributed by atoms with Gasteiger partial charge in [0.1, 0.15) is 12.2 Å². The lowest BCUT2D eigenvalue weighted by Gasteiger charge is -2.08. The summed E-state index contributed by atoms with van der Waals surface area (Å²) in [6.45, 7) is 1.56. The molecule has 1 aliphatic rings. The van der Waals surface area contributed by atoms with E-state index in [9.17, 15) is 5.11 Å². The summed E-state index contributed by atoms with van der Waals surface area (Å²) in [4.78, 5) is 0. The third-order valence-electron chi connectivity index (χ3n) is 2.19. The zero-order valence-electron chi connectivity index (χ0n) is 7.93. The molecule has 14 heavy (non-hydrogen) atoms. The van der Waals surface area contributed by atoms with Crippen molar-refractivity contribution in [2.45, 2.75) is 18.8 Å². The van der Waals surface area contributed by atoms with E-state index in [1.807, 2.05) is 30.3 Å². The molecule has 0 spiro atoms. The SMILES string of the molecule is O[C@@H](COCc1ccccc1)[C@@H]1CO1. The predicted molar refractivity (Wildman–Crippen MR) is 51.8 cm³/mol. The van der Waals surface area contributed by atoms with Gasteiger partial charge in [-0.2, -0.15) is 0 Å². The summed E-state index contributed by atoms with van der Waals surface area (Å²) < 4.78 is 10.3. The second-order valence-corrected chi connectivity index (χ2v) is 3.44. The minimum absolute atomic E-state index is 0.00535. The fourth-order valence-corrected chi connectivity index (χ4v) is 1.26. The van der Waals surface area contributed by atoms with Crippen molar-refractivity contribution >= 4 is 0 Å². The van der Waals surface area contributed by atoms with Crippen molar-refractivity contribution in [1.82, 2.24) is 0 Å². The van der Waals surface area contributed by atoms with E-state index in [0.29, 0.717) is 19.8 Å². The average molecular weight is 194 g/mol. The topological polar surface area (TPSA) is 42.0 Å². The smallest absolute Gasteiger partial charge is 0.109 e. The highest BCUT2D eigenvalue weighted by atomic mass is 16.6. The van der Waals surface area contributed by atoms with Gasteiger partial charge >= 0.3 is 0 Å². The van der Waals surface area contributed by atoms with Gasteiger partial charge in [-0.3, -0.25) is 0 Å². The zero-order chi connectivity index (χ0) is 9.80. The van der Waals surface area contributed by atoms with Gasteiger partial charge in [0.25, 0.3) is 0 Å². The molecule has 0 aromatic heterocycles. The van der Waals surface area contributed by atoms with Crippen molar-refractivity contribution in [1.29, 1.82) is 0 Å². The molecule has 0 unspecified atom stereocenters. The van der Waals surface area contributed by atoms with Crippen LogP contribution < -0.4 is 0 Å². The molecule has 2 rings (SSSR count). The Kier molecular flexibility index (Phi) is 3.14. The first-order valence-corrected chi connectivity index (χ1v) is 4.77. The lowest BCUT2D eigenvalue weighted by molar-refractivity contribution is 0.0148. The maximum atomic E-state index is 9.42. The number of aliphatic hydroxyl groups is 1. The molecule has 1 saturated heterocycles. The van der Waals surface area contributed by atoms with Crippen molar-refractivity contribution in [2.75, 3.05) is 13.2 Å². The molecule has 1 aliphatic heterocycles. The molecule has 3 nitrogen and oxygen atoms in total. The Balaban J connectivity index is 1.67. The number of hydrogen-bond acceptors (Lipinski definition) is 3. The molecule has 76 valence electrons. The van der Waals surface area contributed by atoms with Crippen molar-refractivity contribution in [3.8, 4) is 0 Å². The molecule has 1 N–H and O–H groups in total. The van der Waals surface area contributed by atoms with E-state index in [-0.39, 0.29) is 6.10 Å². The highest BCUT2D eigenvalue weighted by Crippen LogP contribution is 2.14. The summed E-state index contributed by atoms with van der Waals surface area (Å²) >= 11 is 0. The van der Waals surface area contributed by atoms with Gasteiger partial charge in [0.2, 0.25) is 0 Å². The standard InChI is InChI=1S/C11H14O3/c12-10(11-8-14-11)7-13-6-9-4-2-1-3-5-9/h1-5,10-12H,6-8H2/t10-,11-/m0/s1. The van der Waals surface area contributed by atoms with Crippen LogP contribution in [-0.2, 0) is 16.1 Å². The highest BCUT2D eigenvalue weighted by Gasteiger charge is 2.31. The molecule has 0 amide bonds. The predicted octanol–water partition coefficient (Wildman–Crippen LogP) is 0.963. The second-order valence-electron chi connectivity index (χ2n) is 3.44. The fourth-order valence-electron chi connectivity index (χ4n) is 1.26. The zero-order valence-corrected chi connectivity index (χ0v) is 7.93. The van der Waals surface area contributed by atoms with E-state index in [1.165, 1.54) is 0 Å². The summed E-state index contributed by atoms with van der Waals surface area (Å²) in [6, 6.07) is 9.91. The van der Waals surface area contributed by atoms with Crippen LogP contribution in [0, 0.1) is 0 Å². The van der Waals surface area contributed by atoms with Gasteiger partial charge in [0.15, 0.2) is 0 Å². The van der Waals surface area contributed by atoms with Crippen molar-refractivity contribution in [3.05, 3.63) is 35.9 Å². The van der Waals surface area contributed by atoms with E-state index >= 15 is 0 Å². The minimum Gasteiger partial charge on any atom is -0.388 e. The fraction of sp³-hybridized carbons (Fsp3) is 0.455. The van der Waals surface area contributed by atoms with E-state index in [4.69, 9.17) is 9.47 Å². The molecule has 0 aliphatic carbocycles. The summed E-state index contributed by atoms with van der Waals surface area (Å²) in [7, 11) is 0. The van der Waals surface area contributed by atoms with Gasteiger partial charge in [-0.1, -0.05) is 30.3 Å². The Labute approximate surface area is 83.3 Å². The van der Waals surface area contributed by atoms with Crippen LogP contribution in [-0.4, -0.2) is 30.5 Å². The number of epoxide rings is 1. The molecule has 1 aromatic rings. The maximum Gasteiger partial charge on any atom is 0.109 e. The molecule has 3 heteroatoms. The molecule has 0 saturated carbocycles. The highest BCUT2D eigenvalue weighted by molar-refractivity contribution is 5.13. The molecular formula is C11H14O3. The number of benzene rings is 1. The van der Waals surface area contributed by atoms with Gasteiger partial charge in [0.05, 0.1) is 19.8 Å². The first-order valence-electron chi connectivity index (χ1n) is 4.77. The number of rotatable bonds is 5. The summed E-state index contributed by atoms with van der Waals surface area (Å²) in [5, 5.41) is 9.42. The Morgan fingerprint density at radius 3 is 2.79 bits per heavy atom. The number of aliphatic hydroxyl groups excluding tert-OH is 1. The van der Waals surface area contributed by atoms with Crippen molar-refractivity contribution in [3.63, 3.8) is 0 Å². The Morgan fingerprint density at radius 1 is 1.43 bits per heavy atom. The molecule has 1 heterocycles. The van der Waals surface area contributed by atoms with E-state index in [1.54, 1.807) is 0 Å². The van der Waals surface area contributed by atoms with Crippen LogP contribution in [0.15, 0.2) is 30.3 Å². The summed E-state index contributed by atoms with van der Waals surface area (Å²) in [6.07, 6.45) is -0.468. The van der Waals surface area contributed by atoms with Crippen molar-refractivity contribution < 1.29 is 14.6 Å². The Hall–Kier alpha value is -0.900. The lowest BCUT2D eigenvalue weighted by atomic mass is 10.2. The number of ether oxygens (including phenoxy) is 2. The number of hydrogen-bond donors (Lipinski definition) is 1. The van der Waals surface area contributed by atoms with Crippen LogP contribution in [0.3, 0.4) is 0 Å². The molecule has 2 atom stereocenters. The lowest BCUT2D eigenvalue weighted by Crippen LogP contribution is -2.21. The third kappa shape index (κ3) is 2.80. The van der Waals surface area contributed by atoms with Gasteiger partial charge in [-0.25, -0.2) is 0 Å². The maximum absolute atomic E-state index is 9.42. The van der Waals surface area contributed by atoms with Crippen LogP contribution in [0.2, 0.25) is 0 Å². The van der Waals surface area contributed by atoms with Gasteiger partial charge < -0.3 is 14.6 Å². The summed E-state index contributed by atoms with van der Waals surface area (Å²) in [5.41, 5.74) is 1.12. The van der Waals surface area contributed by atoms with E-state index < -0.39 is 6.10 Å². The summed E-state index contributed by atoms with van der Waals surface area (Å²) in [5.74, 6) is 0. The Morgan fingerprint density at radius 2 is 2.14 bits per heavy atom. The van der Waals surface area contributed by atoms with Gasteiger partial charge in [0, 0.05) is 0 Å². The molecular weight excluding hydrogens is 180 g/mol. The van der Waals surface area contributed by atoms with Gasteiger partial charge in [-0.05, 0) is 5.56 Å². The van der Waals surface area contributed by atoms with Crippen LogP contribution >= 0.6 is 0 Å². The quantitative estimate of drug-likeness (QED) is 0.710. The Bertz CT molecular complexity index is 269. The van der Waals surface area contributed by atoms with Crippen LogP contribution in [0.1, 0.15) is 5.56 Å². The van der Waals surface area contributed by atoms with Crippen LogP contribution in [0.25, 0.3) is 0 Å². The molecule has 1 aromatic carbocycles. The third-order valence-corrected chi connectivity index (χ3v) is 2.19. The average Bonchev–Trinajstić information content (AvgIpc) is 3.02.